The van der Waals surface area contributed by atoms with E-state index < -0.39 is 30.0 Å². The Bertz CT molecular complexity index is 696. The molecule has 0 radical (unpaired) electrons. The van der Waals surface area contributed by atoms with Gasteiger partial charge in [-0.3, -0.25) is 4.98 Å². The molecular weight excluding hydrogens is 299 g/mol. The van der Waals surface area contributed by atoms with E-state index in [0.29, 0.717) is 16.7 Å². The number of hydrogen-bond acceptors (Lipinski definition) is 3. The molecule has 3 rings (SSSR count). The van der Waals surface area contributed by atoms with Crippen LogP contribution in [0.3, 0.4) is 0 Å². The van der Waals surface area contributed by atoms with Gasteiger partial charge in [0, 0.05) is 17.8 Å². The Morgan fingerprint density at radius 3 is 1.91 bits per heavy atom. The molecule has 1 aromatic heterocycles. The van der Waals surface area contributed by atoms with Crippen molar-refractivity contribution < 1.29 is 18.1 Å². The summed E-state index contributed by atoms with van der Waals surface area (Å²) in [4.78, 5) is 4.33. The standard InChI is InChI=1S/C17H18BF2NO2/c1-16(2)17(3,4)23-18(22-16)15-6-5-11(10-21-15)12-7-13(19)9-14(20)8-12/h5-10H,1-4H3. The van der Waals surface area contributed by atoms with Gasteiger partial charge in [0.25, 0.3) is 0 Å². The van der Waals surface area contributed by atoms with Gasteiger partial charge in [0.2, 0.25) is 0 Å². The van der Waals surface area contributed by atoms with Gasteiger partial charge in [-0.1, -0.05) is 6.07 Å². The first-order valence-electron chi connectivity index (χ1n) is 7.46. The zero-order valence-corrected chi connectivity index (χ0v) is 13.6. The van der Waals surface area contributed by atoms with Crippen molar-refractivity contribution in [1.29, 1.82) is 0 Å². The van der Waals surface area contributed by atoms with Crippen molar-refractivity contribution in [1.82, 2.24) is 4.98 Å². The van der Waals surface area contributed by atoms with Crippen LogP contribution in [0.2, 0.25) is 0 Å². The van der Waals surface area contributed by atoms with Crippen molar-refractivity contribution in [2.45, 2.75) is 38.9 Å². The maximum absolute atomic E-state index is 13.3. The smallest absolute Gasteiger partial charge is 0.398 e. The van der Waals surface area contributed by atoms with Gasteiger partial charge < -0.3 is 9.31 Å². The largest absolute Gasteiger partial charge is 0.514 e. The molecule has 0 atom stereocenters. The molecule has 1 fully saturated rings. The number of rotatable bonds is 2. The lowest BCUT2D eigenvalue weighted by molar-refractivity contribution is 0.00578. The number of benzene rings is 1. The van der Waals surface area contributed by atoms with E-state index in [2.05, 4.69) is 4.98 Å². The molecule has 23 heavy (non-hydrogen) atoms. The Kier molecular flexibility index (Phi) is 3.77. The van der Waals surface area contributed by atoms with Crippen LogP contribution in [0, 0.1) is 11.6 Å². The lowest BCUT2D eigenvalue weighted by atomic mass is 9.84. The molecule has 2 aromatic rings. The van der Waals surface area contributed by atoms with Crippen LogP contribution in [0.5, 0.6) is 0 Å². The molecule has 0 aliphatic carbocycles. The summed E-state index contributed by atoms with van der Waals surface area (Å²) in [5.74, 6) is -1.23. The third-order valence-corrected chi connectivity index (χ3v) is 4.48. The highest BCUT2D eigenvalue weighted by atomic mass is 19.1. The molecule has 1 aliphatic rings. The number of pyridine rings is 1. The van der Waals surface area contributed by atoms with Crippen molar-refractivity contribution >= 4 is 12.7 Å². The molecule has 2 heterocycles. The minimum atomic E-state index is -0.616. The van der Waals surface area contributed by atoms with Crippen LogP contribution in [-0.4, -0.2) is 23.3 Å². The van der Waals surface area contributed by atoms with E-state index in [1.807, 2.05) is 27.7 Å². The van der Waals surface area contributed by atoms with Crippen LogP contribution < -0.4 is 5.59 Å². The molecule has 120 valence electrons. The molecule has 0 N–H and O–H groups in total. The normalized spacial score (nSPS) is 19.1. The predicted octanol–water partition coefficient (Wildman–Crippen LogP) is 3.33. The van der Waals surface area contributed by atoms with Gasteiger partial charge >= 0.3 is 7.12 Å². The van der Waals surface area contributed by atoms with Crippen LogP contribution in [0.25, 0.3) is 11.1 Å². The maximum Gasteiger partial charge on any atom is 0.514 e. The fraction of sp³-hybridized carbons (Fsp3) is 0.353. The number of halogens is 2. The highest BCUT2D eigenvalue weighted by molar-refractivity contribution is 6.61. The van der Waals surface area contributed by atoms with Crippen LogP contribution >= 0.6 is 0 Å². The summed E-state index contributed by atoms with van der Waals surface area (Å²) < 4.78 is 38.5. The number of nitrogens with zero attached hydrogens (tertiary/aromatic N) is 1. The van der Waals surface area contributed by atoms with Gasteiger partial charge in [-0.05, 0) is 51.5 Å². The first-order valence-corrected chi connectivity index (χ1v) is 7.46. The van der Waals surface area contributed by atoms with E-state index >= 15 is 0 Å². The summed E-state index contributed by atoms with van der Waals surface area (Å²) in [6, 6.07) is 6.89. The molecule has 0 saturated carbocycles. The second-order valence-electron chi connectivity index (χ2n) is 6.72. The second-order valence-corrected chi connectivity index (χ2v) is 6.72. The minimum Gasteiger partial charge on any atom is -0.398 e. The molecule has 1 aromatic carbocycles. The Hall–Kier alpha value is -1.79. The second kappa shape index (κ2) is 5.39. The predicted molar refractivity (Wildman–Crippen MR) is 85.3 cm³/mol. The SMILES string of the molecule is CC1(C)OB(c2ccc(-c3cc(F)cc(F)c3)cn2)OC1(C)C. The Morgan fingerprint density at radius 1 is 0.870 bits per heavy atom. The zero-order chi connectivity index (χ0) is 16.8. The quantitative estimate of drug-likeness (QED) is 0.796. The molecule has 1 aliphatic heterocycles. The van der Waals surface area contributed by atoms with Crippen molar-refractivity contribution in [3.05, 3.63) is 48.2 Å². The average molecular weight is 317 g/mol. The van der Waals surface area contributed by atoms with Gasteiger partial charge in [0.1, 0.15) is 11.6 Å². The maximum atomic E-state index is 13.3. The van der Waals surface area contributed by atoms with Gasteiger partial charge in [-0.15, -0.1) is 0 Å². The fourth-order valence-corrected chi connectivity index (χ4v) is 2.40. The van der Waals surface area contributed by atoms with E-state index in [1.165, 1.54) is 12.1 Å². The van der Waals surface area contributed by atoms with E-state index in [0.717, 1.165) is 6.07 Å². The highest BCUT2D eigenvalue weighted by Gasteiger charge is 2.52. The monoisotopic (exact) mass is 317 g/mol. The van der Waals surface area contributed by atoms with Crippen molar-refractivity contribution in [3.63, 3.8) is 0 Å². The highest BCUT2D eigenvalue weighted by Crippen LogP contribution is 2.36. The van der Waals surface area contributed by atoms with Gasteiger partial charge in [0.15, 0.2) is 0 Å². The summed E-state index contributed by atoms with van der Waals surface area (Å²) in [6.07, 6.45) is 1.56. The van der Waals surface area contributed by atoms with Gasteiger partial charge in [-0.2, -0.15) is 0 Å². The average Bonchev–Trinajstić information content (AvgIpc) is 2.66. The molecule has 1 saturated heterocycles. The lowest BCUT2D eigenvalue weighted by Gasteiger charge is -2.32. The Morgan fingerprint density at radius 2 is 1.43 bits per heavy atom. The Balaban J connectivity index is 1.86. The van der Waals surface area contributed by atoms with Crippen molar-refractivity contribution in [2.24, 2.45) is 0 Å². The summed E-state index contributed by atoms with van der Waals surface area (Å²) in [6.45, 7) is 7.88. The summed E-state index contributed by atoms with van der Waals surface area (Å²) in [7, 11) is -0.557. The molecule has 0 bridgehead atoms. The third-order valence-electron chi connectivity index (χ3n) is 4.48. The zero-order valence-electron chi connectivity index (χ0n) is 13.6. The first kappa shape index (κ1) is 16.1. The summed E-state index contributed by atoms with van der Waals surface area (Å²) in [5, 5.41) is 0. The van der Waals surface area contributed by atoms with E-state index in [1.54, 1.807) is 18.3 Å². The number of hydrogen-bond donors (Lipinski definition) is 0. The van der Waals surface area contributed by atoms with Crippen LogP contribution in [-0.2, 0) is 9.31 Å². The molecule has 0 amide bonds. The molecule has 6 heteroatoms. The summed E-state index contributed by atoms with van der Waals surface area (Å²) >= 11 is 0. The molecule has 3 nitrogen and oxygen atoms in total. The summed E-state index contributed by atoms with van der Waals surface area (Å²) in [5.41, 5.74) is 0.816. The number of aromatic nitrogens is 1. The topological polar surface area (TPSA) is 31.4 Å². The van der Waals surface area contributed by atoms with Crippen molar-refractivity contribution in [2.75, 3.05) is 0 Å². The first-order chi connectivity index (χ1) is 10.7. The third kappa shape index (κ3) is 3.01. The lowest BCUT2D eigenvalue weighted by Crippen LogP contribution is -2.41. The van der Waals surface area contributed by atoms with E-state index in [4.69, 9.17) is 9.31 Å². The van der Waals surface area contributed by atoms with E-state index in [-0.39, 0.29) is 0 Å². The molecular formula is C17H18BF2NO2. The van der Waals surface area contributed by atoms with Crippen LogP contribution in [0.4, 0.5) is 8.78 Å². The minimum absolute atomic E-state index is 0.440. The Labute approximate surface area is 134 Å². The van der Waals surface area contributed by atoms with Crippen LogP contribution in [0.15, 0.2) is 36.5 Å². The van der Waals surface area contributed by atoms with Gasteiger partial charge in [0.05, 0.1) is 16.8 Å². The molecule has 0 unspecified atom stereocenters. The van der Waals surface area contributed by atoms with Gasteiger partial charge in [-0.25, -0.2) is 8.78 Å². The molecule has 0 spiro atoms. The van der Waals surface area contributed by atoms with E-state index in [9.17, 15) is 8.78 Å². The fourth-order valence-electron chi connectivity index (χ4n) is 2.40. The van der Waals surface area contributed by atoms with Crippen molar-refractivity contribution in [3.8, 4) is 11.1 Å². The van der Waals surface area contributed by atoms with Crippen LogP contribution in [0.1, 0.15) is 27.7 Å².